The quantitative estimate of drug-likeness (QED) is 0.0372. The van der Waals surface area contributed by atoms with E-state index < -0.39 is 141 Å². The Morgan fingerprint density at radius 2 is 0.903 bits per heavy atom. The van der Waals surface area contributed by atoms with E-state index in [1.807, 2.05) is 5.32 Å². The second-order valence-electron chi connectivity index (χ2n) is 13.4. The molecule has 334 valence electrons. The molecule has 2 rings (SSSR count). The number of nitrogens with one attached hydrogen (secondary N) is 8. The van der Waals surface area contributed by atoms with E-state index in [0.29, 0.717) is 17.4 Å². The Bertz CT molecular complexity index is 1950. The van der Waals surface area contributed by atoms with Crippen LogP contribution in [-0.4, -0.2) is 133 Å². The van der Waals surface area contributed by atoms with Crippen LogP contribution in [0.1, 0.15) is 30.4 Å². The number of rotatable bonds is 27. The molecular weight excluding hydrogens is 818 g/mol. The zero-order valence-corrected chi connectivity index (χ0v) is 33.2. The van der Waals surface area contributed by atoms with Gasteiger partial charge in [-0.2, -0.15) is 0 Å². The van der Waals surface area contributed by atoms with Crippen molar-refractivity contribution in [1.82, 2.24) is 42.5 Å². The molecule has 15 N–H and O–H groups in total. The zero-order chi connectivity index (χ0) is 46.2. The standard InChI is InChI=1S/C38H49N11O13/c39-18-30(53)45-23(13-21-7-3-1-4-8-21)35(59)44-19-31(54)43-20-32(55)46-25(15-28(40)51)36(60)49-27(17-33(56)57)38(62)48-26(16-29(41)52)37(61)47-24(34(58)42-11-12-50)14-22-9-5-2-6-10-22/h1-10,12,23-27H,11,13-20,39H2,(H2,40,51)(H2,41,52)(H,42,58)(H,43,54)(H,44,59)(H,45,53)(H,46,55)(H,47,61)(H,48,62)(H,49,60)(H,56,57)/t23-,24-,25-,26-,27-/m0/s1. The van der Waals surface area contributed by atoms with E-state index in [1.54, 1.807) is 60.7 Å². The minimum atomic E-state index is -2.02. The summed E-state index contributed by atoms with van der Waals surface area (Å²) in [5, 5.41) is 27.4. The molecule has 0 aliphatic carbocycles. The van der Waals surface area contributed by atoms with E-state index in [2.05, 4.69) is 37.2 Å². The second-order valence-corrected chi connectivity index (χ2v) is 13.4. The summed E-state index contributed by atoms with van der Waals surface area (Å²) in [6.45, 7) is -2.30. The van der Waals surface area contributed by atoms with Crippen LogP contribution >= 0.6 is 0 Å². The highest BCUT2D eigenvalue weighted by Gasteiger charge is 2.34. The Labute approximate surface area is 353 Å². The van der Waals surface area contributed by atoms with Crippen molar-refractivity contribution >= 4 is 71.3 Å². The fourth-order valence-electron chi connectivity index (χ4n) is 5.44. The van der Waals surface area contributed by atoms with Crippen molar-refractivity contribution in [3.8, 4) is 0 Å². The molecule has 0 aliphatic rings. The molecule has 0 saturated carbocycles. The molecule has 0 unspecified atom stereocenters. The van der Waals surface area contributed by atoms with Gasteiger partial charge in [0.25, 0.3) is 0 Å². The van der Waals surface area contributed by atoms with Gasteiger partial charge in [0.1, 0.15) is 36.5 Å². The first-order valence-electron chi connectivity index (χ1n) is 18.7. The van der Waals surface area contributed by atoms with Crippen molar-refractivity contribution in [3.63, 3.8) is 0 Å². The minimum absolute atomic E-state index is 0.0595. The van der Waals surface area contributed by atoms with Crippen LogP contribution in [0.15, 0.2) is 60.7 Å². The van der Waals surface area contributed by atoms with Crippen molar-refractivity contribution in [3.05, 3.63) is 71.8 Å². The molecule has 62 heavy (non-hydrogen) atoms. The van der Waals surface area contributed by atoms with Gasteiger partial charge in [-0.3, -0.25) is 52.7 Å². The number of nitrogens with two attached hydrogens (primary N) is 3. The average molecular weight is 868 g/mol. The van der Waals surface area contributed by atoms with E-state index in [-0.39, 0.29) is 12.8 Å². The van der Waals surface area contributed by atoms with Crippen LogP contribution in [0.25, 0.3) is 0 Å². The van der Waals surface area contributed by atoms with Crippen LogP contribution in [-0.2, 0) is 70.4 Å². The Balaban J connectivity index is 2.12. The van der Waals surface area contributed by atoms with Crippen molar-refractivity contribution in [1.29, 1.82) is 0 Å². The molecule has 0 spiro atoms. The maximum Gasteiger partial charge on any atom is 0.305 e. The molecule has 0 aliphatic heterocycles. The maximum absolute atomic E-state index is 13.4. The first kappa shape index (κ1) is 50.4. The van der Waals surface area contributed by atoms with E-state index in [1.165, 1.54) is 0 Å². The molecule has 2 aromatic rings. The lowest BCUT2D eigenvalue weighted by atomic mass is 10.0. The fraction of sp³-hybridized carbons (Fsp3) is 0.368. The topological polar surface area (TPSA) is 399 Å². The number of aldehydes is 1. The van der Waals surface area contributed by atoms with Crippen molar-refractivity contribution < 1.29 is 62.6 Å². The third-order valence-corrected chi connectivity index (χ3v) is 8.37. The van der Waals surface area contributed by atoms with Gasteiger partial charge in [0, 0.05) is 12.8 Å². The van der Waals surface area contributed by atoms with Crippen molar-refractivity contribution in [2.45, 2.75) is 62.3 Å². The number of hydrogen-bond acceptors (Lipinski definition) is 13. The fourth-order valence-corrected chi connectivity index (χ4v) is 5.44. The molecule has 0 bridgehead atoms. The Morgan fingerprint density at radius 3 is 1.35 bits per heavy atom. The summed E-state index contributed by atoms with van der Waals surface area (Å²) < 4.78 is 0. The van der Waals surface area contributed by atoms with Gasteiger partial charge in [-0.1, -0.05) is 60.7 Å². The van der Waals surface area contributed by atoms with E-state index in [0.717, 1.165) is 0 Å². The van der Waals surface area contributed by atoms with Gasteiger partial charge in [0.05, 0.1) is 45.4 Å². The van der Waals surface area contributed by atoms with Gasteiger partial charge < -0.3 is 69.6 Å². The third-order valence-electron chi connectivity index (χ3n) is 8.37. The summed E-state index contributed by atoms with van der Waals surface area (Å²) in [5.74, 6) is -11.9. The lowest BCUT2D eigenvalue weighted by Gasteiger charge is -2.25. The molecule has 0 saturated heterocycles. The number of aliphatic carboxylic acids is 1. The lowest BCUT2D eigenvalue weighted by molar-refractivity contribution is -0.142. The number of hydrogen-bond donors (Lipinski definition) is 12. The normalized spacial score (nSPS) is 12.9. The van der Waals surface area contributed by atoms with Crippen LogP contribution < -0.4 is 59.7 Å². The summed E-state index contributed by atoms with van der Waals surface area (Å²) in [5.41, 5.74) is 17.1. The summed E-state index contributed by atoms with van der Waals surface area (Å²) in [6, 6.07) is 8.75. The van der Waals surface area contributed by atoms with Crippen molar-refractivity contribution in [2.24, 2.45) is 17.2 Å². The number of amides is 10. The first-order valence-corrected chi connectivity index (χ1v) is 18.7. The van der Waals surface area contributed by atoms with Gasteiger partial charge in [-0.25, -0.2) is 0 Å². The van der Waals surface area contributed by atoms with Gasteiger partial charge in [0.2, 0.25) is 59.1 Å². The summed E-state index contributed by atoms with van der Waals surface area (Å²) in [4.78, 5) is 149. The monoisotopic (exact) mass is 867 g/mol. The molecule has 5 atom stereocenters. The van der Waals surface area contributed by atoms with E-state index in [4.69, 9.17) is 17.2 Å². The molecule has 2 aromatic carbocycles. The Kier molecular flexibility index (Phi) is 21.4. The van der Waals surface area contributed by atoms with Gasteiger partial charge in [-0.05, 0) is 11.1 Å². The SMILES string of the molecule is NCC(=O)N[C@@H](Cc1ccccc1)C(=O)NCC(=O)NCC(=O)N[C@@H](CC(N)=O)C(=O)N[C@@H](CC(=O)O)C(=O)N[C@@H](CC(N)=O)C(=O)N[C@@H](Cc1ccccc1)C(=O)NCC=O. The van der Waals surface area contributed by atoms with Crippen LogP contribution in [0.2, 0.25) is 0 Å². The molecule has 0 fully saturated rings. The molecule has 0 heterocycles. The van der Waals surface area contributed by atoms with Crippen molar-refractivity contribution in [2.75, 3.05) is 26.2 Å². The highest BCUT2D eigenvalue weighted by atomic mass is 16.4. The smallest absolute Gasteiger partial charge is 0.305 e. The number of carboxylic acid groups (broad SMARTS) is 1. The maximum atomic E-state index is 13.4. The highest BCUT2D eigenvalue weighted by Crippen LogP contribution is 2.07. The van der Waals surface area contributed by atoms with E-state index in [9.17, 15) is 62.6 Å². The summed E-state index contributed by atoms with van der Waals surface area (Å²) in [6.07, 6.45) is -2.53. The molecule has 24 heteroatoms. The molecule has 10 amide bonds. The second kappa shape index (κ2) is 26.4. The van der Waals surface area contributed by atoms with E-state index >= 15 is 0 Å². The number of carbonyl (C=O) groups is 12. The summed E-state index contributed by atoms with van der Waals surface area (Å²) >= 11 is 0. The van der Waals surface area contributed by atoms with Gasteiger partial charge in [-0.15, -0.1) is 0 Å². The molecule has 0 radical (unpaired) electrons. The largest absolute Gasteiger partial charge is 0.481 e. The predicted molar refractivity (Wildman–Crippen MR) is 214 cm³/mol. The highest BCUT2D eigenvalue weighted by molar-refractivity contribution is 5.99. The predicted octanol–water partition coefficient (Wildman–Crippen LogP) is -6.37. The number of carboxylic acids is 1. The van der Waals surface area contributed by atoms with Crippen LogP contribution in [0, 0.1) is 0 Å². The number of primary amides is 2. The number of carbonyl (C=O) groups excluding carboxylic acids is 11. The van der Waals surface area contributed by atoms with Gasteiger partial charge >= 0.3 is 5.97 Å². The number of benzene rings is 2. The van der Waals surface area contributed by atoms with Crippen LogP contribution in [0.4, 0.5) is 0 Å². The third kappa shape index (κ3) is 19.3. The molecule has 24 nitrogen and oxygen atoms in total. The van der Waals surface area contributed by atoms with Gasteiger partial charge in [0.15, 0.2) is 0 Å². The first-order chi connectivity index (χ1) is 29.4. The van der Waals surface area contributed by atoms with Crippen LogP contribution in [0.5, 0.6) is 0 Å². The average Bonchev–Trinajstić information content (AvgIpc) is 3.22. The Morgan fingerprint density at radius 1 is 0.500 bits per heavy atom. The lowest BCUT2D eigenvalue weighted by Crippen LogP contribution is -2.60. The summed E-state index contributed by atoms with van der Waals surface area (Å²) in [7, 11) is 0. The molecular formula is C38H49N11O13. The van der Waals surface area contributed by atoms with Crippen LogP contribution in [0.3, 0.4) is 0 Å². The molecule has 0 aromatic heterocycles. The Hall–Kier alpha value is -7.76. The zero-order valence-electron chi connectivity index (χ0n) is 33.2. The minimum Gasteiger partial charge on any atom is -0.481 e.